The molecule has 0 saturated carbocycles. The van der Waals surface area contributed by atoms with Crippen molar-refractivity contribution in [3.05, 3.63) is 41.5 Å². The van der Waals surface area contributed by atoms with E-state index in [2.05, 4.69) is 60.1 Å². The number of carbonyl (C=O) groups excluding carboxylic acids is 1. The van der Waals surface area contributed by atoms with Crippen molar-refractivity contribution < 1.29 is 4.79 Å². The number of hydrogen-bond acceptors (Lipinski definition) is 2. The van der Waals surface area contributed by atoms with Crippen LogP contribution in [0.1, 0.15) is 32.3 Å². The van der Waals surface area contributed by atoms with Crippen LogP contribution < -0.4 is 0 Å². The highest BCUT2D eigenvalue weighted by atomic mass is 16.2. The maximum atomic E-state index is 12.3. The van der Waals surface area contributed by atoms with Crippen LogP contribution in [0.2, 0.25) is 0 Å². The summed E-state index contributed by atoms with van der Waals surface area (Å²) in [5.41, 5.74) is 2.67. The van der Waals surface area contributed by atoms with Crippen molar-refractivity contribution in [2.45, 2.75) is 32.7 Å². The first-order valence-electron chi connectivity index (χ1n) is 9.17. The van der Waals surface area contributed by atoms with Crippen molar-refractivity contribution in [3.63, 3.8) is 0 Å². The Morgan fingerprint density at radius 3 is 2.46 bits per heavy atom. The summed E-state index contributed by atoms with van der Waals surface area (Å²) in [7, 11) is 0. The average molecular weight is 327 g/mol. The first-order valence-corrected chi connectivity index (χ1v) is 9.17. The van der Waals surface area contributed by atoms with Crippen molar-refractivity contribution in [3.8, 4) is 0 Å². The molecule has 0 aliphatic carbocycles. The number of amides is 2. The van der Waals surface area contributed by atoms with Crippen molar-refractivity contribution in [2.24, 2.45) is 0 Å². The van der Waals surface area contributed by atoms with Gasteiger partial charge in [0.1, 0.15) is 0 Å². The van der Waals surface area contributed by atoms with Gasteiger partial charge in [-0.3, -0.25) is 4.90 Å². The van der Waals surface area contributed by atoms with Crippen LogP contribution in [-0.4, -0.2) is 66.0 Å². The van der Waals surface area contributed by atoms with Gasteiger partial charge in [-0.05, 0) is 32.3 Å². The van der Waals surface area contributed by atoms with Crippen LogP contribution in [0.15, 0.2) is 35.9 Å². The summed E-state index contributed by atoms with van der Waals surface area (Å²) in [6, 6.07) is 11.2. The lowest BCUT2D eigenvalue weighted by Crippen LogP contribution is -2.46. The Labute approximate surface area is 145 Å². The fraction of sp³-hybridized carbons (Fsp3) is 0.550. The zero-order valence-corrected chi connectivity index (χ0v) is 14.9. The molecule has 2 aliphatic heterocycles. The number of nitrogens with zero attached hydrogens (tertiary/aromatic N) is 3. The van der Waals surface area contributed by atoms with E-state index < -0.39 is 0 Å². The molecule has 130 valence electrons. The molecule has 2 saturated heterocycles. The summed E-state index contributed by atoms with van der Waals surface area (Å²) in [6.45, 7) is 10.1. The molecular formula is C20H29N3O. The van der Waals surface area contributed by atoms with Crippen LogP contribution in [0.25, 0.3) is 6.08 Å². The van der Waals surface area contributed by atoms with Crippen LogP contribution in [0.3, 0.4) is 0 Å². The minimum absolute atomic E-state index is 0.246. The van der Waals surface area contributed by atoms with Gasteiger partial charge in [0.15, 0.2) is 0 Å². The van der Waals surface area contributed by atoms with Crippen molar-refractivity contribution >= 4 is 12.1 Å². The smallest absolute Gasteiger partial charge is 0.320 e. The fourth-order valence-electron chi connectivity index (χ4n) is 3.85. The van der Waals surface area contributed by atoms with E-state index in [-0.39, 0.29) is 6.03 Å². The summed E-state index contributed by atoms with van der Waals surface area (Å²) >= 11 is 0. The normalized spacial score (nSPS) is 20.9. The SMILES string of the molecule is CCN1CCN(C2CCN(CC(C)=Cc3ccccc3)CC2)C1=O. The summed E-state index contributed by atoms with van der Waals surface area (Å²) < 4.78 is 0. The fourth-order valence-corrected chi connectivity index (χ4v) is 3.85. The molecule has 0 unspecified atom stereocenters. The number of likely N-dealkylation sites (tertiary alicyclic amines) is 1. The maximum Gasteiger partial charge on any atom is 0.320 e. The van der Waals surface area contributed by atoms with Crippen LogP contribution in [0.4, 0.5) is 4.79 Å². The van der Waals surface area contributed by atoms with Gasteiger partial charge in [-0.2, -0.15) is 0 Å². The van der Waals surface area contributed by atoms with Gasteiger partial charge < -0.3 is 9.80 Å². The van der Waals surface area contributed by atoms with Gasteiger partial charge in [-0.25, -0.2) is 4.79 Å². The van der Waals surface area contributed by atoms with Gasteiger partial charge >= 0.3 is 6.03 Å². The number of benzene rings is 1. The zero-order chi connectivity index (χ0) is 16.9. The Balaban J connectivity index is 1.49. The summed E-state index contributed by atoms with van der Waals surface area (Å²) in [5.74, 6) is 0. The zero-order valence-electron chi connectivity index (χ0n) is 14.9. The predicted molar refractivity (Wildman–Crippen MR) is 98.9 cm³/mol. The third-order valence-corrected chi connectivity index (χ3v) is 5.19. The molecule has 2 aliphatic rings. The van der Waals surface area contributed by atoms with E-state index in [1.165, 1.54) is 11.1 Å². The number of likely N-dealkylation sites (N-methyl/N-ethyl adjacent to an activating group) is 1. The molecule has 0 aromatic heterocycles. The number of hydrogen-bond donors (Lipinski definition) is 0. The van der Waals surface area contributed by atoms with Gasteiger partial charge in [-0.15, -0.1) is 0 Å². The molecule has 0 bridgehead atoms. The minimum atomic E-state index is 0.246. The van der Waals surface area contributed by atoms with E-state index >= 15 is 0 Å². The van der Waals surface area contributed by atoms with Crippen molar-refractivity contribution in [1.82, 2.24) is 14.7 Å². The lowest BCUT2D eigenvalue weighted by molar-refractivity contribution is 0.135. The molecule has 1 aromatic carbocycles. The standard InChI is InChI=1S/C20H29N3O/c1-3-22-13-14-23(20(22)24)19-9-11-21(12-10-19)16-17(2)15-18-7-5-4-6-8-18/h4-8,15,19H,3,9-14,16H2,1-2H3. The highest BCUT2D eigenvalue weighted by molar-refractivity contribution is 5.76. The van der Waals surface area contributed by atoms with E-state index in [1.54, 1.807) is 0 Å². The van der Waals surface area contributed by atoms with Crippen LogP contribution >= 0.6 is 0 Å². The average Bonchev–Trinajstić information content (AvgIpc) is 2.97. The Morgan fingerprint density at radius 2 is 1.83 bits per heavy atom. The first-order chi connectivity index (χ1) is 11.7. The summed E-state index contributed by atoms with van der Waals surface area (Å²) in [6.07, 6.45) is 4.47. The third-order valence-electron chi connectivity index (χ3n) is 5.19. The monoisotopic (exact) mass is 327 g/mol. The van der Waals surface area contributed by atoms with Crippen molar-refractivity contribution in [2.75, 3.05) is 39.3 Å². The van der Waals surface area contributed by atoms with Crippen LogP contribution in [0, 0.1) is 0 Å². The second-order valence-electron chi connectivity index (χ2n) is 6.96. The maximum absolute atomic E-state index is 12.3. The van der Waals surface area contributed by atoms with E-state index in [4.69, 9.17) is 0 Å². The summed E-state index contributed by atoms with van der Waals surface area (Å²) in [4.78, 5) is 18.9. The molecule has 0 atom stereocenters. The second kappa shape index (κ2) is 7.84. The van der Waals surface area contributed by atoms with E-state index in [9.17, 15) is 4.79 Å². The van der Waals surface area contributed by atoms with E-state index in [0.717, 1.165) is 52.1 Å². The molecule has 2 heterocycles. The van der Waals surface area contributed by atoms with E-state index in [1.807, 2.05) is 4.90 Å². The largest absolute Gasteiger partial charge is 0.323 e. The lowest BCUT2D eigenvalue weighted by atomic mass is 10.0. The van der Waals surface area contributed by atoms with Gasteiger partial charge in [0, 0.05) is 45.3 Å². The first kappa shape index (κ1) is 17.0. The molecular weight excluding hydrogens is 298 g/mol. The minimum Gasteiger partial charge on any atom is -0.323 e. The quantitative estimate of drug-likeness (QED) is 0.829. The van der Waals surface area contributed by atoms with Crippen molar-refractivity contribution in [1.29, 1.82) is 0 Å². The third kappa shape index (κ3) is 3.99. The summed E-state index contributed by atoms with van der Waals surface area (Å²) in [5, 5.41) is 0. The molecule has 2 fully saturated rings. The Morgan fingerprint density at radius 1 is 1.12 bits per heavy atom. The Bertz CT molecular complexity index is 576. The topological polar surface area (TPSA) is 26.8 Å². The number of piperidine rings is 1. The molecule has 3 rings (SSSR count). The highest BCUT2D eigenvalue weighted by Crippen LogP contribution is 2.22. The van der Waals surface area contributed by atoms with Crippen LogP contribution in [0.5, 0.6) is 0 Å². The molecule has 0 spiro atoms. The van der Waals surface area contributed by atoms with Crippen LogP contribution in [-0.2, 0) is 0 Å². The molecule has 4 nitrogen and oxygen atoms in total. The molecule has 2 amide bonds. The predicted octanol–water partition coefficient (Wildman–Crippen LogP) is 3.31. The number of rotatable bonds is 5. The van der Waals surface area contributed by atoms with Gasteiger partial charge in [-0.1, -0.05) is 42.0 Å². The van der Waals surface area contributed by atoms with Gasteiger partial charge in [0.2, 0.25) is 0 Å². The molecule has 0 radical (unpaired) electrons. The van der Waals surface area contributed by atoms with Gasteiger partial charge in [0.25, 0.3) is 0 Å². The Hall–Kier alpha value is -1.81. The molecule has 0 N–H and O–H groups in total. The highest BCUT2D eigenvalue weighted by Gasteiger charge is 2.34. The molecule has 1 aromatic rings. The van der Waals surface area contributed by atoms with Gasteiger partial charge in [0.05, 0.1) is 0 Å². The lowest BCUT2D eigenvalue weighted by Gasteiger charge is -2.36. The Kier molecular flexibility index (Phi) is 5.56. The van der Waals surface area contributed by atoms with E-state index in [0.29, 0.717) is 6.04 Å². The molecule has 24 heavy (non-hydrogen) atoms. The second-order valence-corrected chi connectivity index (χ2v) is 6.96. The number of urea groups is 1. The number of carbonyl (C=O) groups is 1. The molecule has 4 heteroatoms.